The number of halogens is 1. The lowest BCUT2D eigenvalue weighted by atomic mass is 10.2. The van der Waals surface area contributed by atoms with Crippen molar-refractivity contribution in [1.82, 2.24) is 18.7 Å². The van der Waals surface area contributed by atoms with Crippen LogP contribution in [0.1, 0.15) is 5.56 Å². The minimum Gasteiger partial charge on any atom is -0.279 e. The molecular formula is C14H10ClN5O2. The van der Waals surface area contributed by atoms with Crippen LogP contribution in [0, 0.1) is 18.3 Å². The van der Waals surface area contributed by atoms with Crippen LogP contribution in [0.5, 0.6) is 0 Å². The third-order valence-electron chi connectivity index (χ3n) is 3.36. The van der Waals surface area contributed by atoms with Gasteiger partial charge in [0.15, 0.2) is 0 Å². The number of nitrogens with zero attached hydrogens (tertiary/aromatic N) is 5. The molecule has 1 aromatic carbocycles. The summed E-state index contributed by atoms with van der Waals surface area (Å²) in [7, 11) is 0. The van der Waals surface area contributed by atoms with Gasteiger partial charge in [-0.15, -0.1) is 5.10 Å². The van der Waals surface area contributed by atoms with Crippen LogP contribution in [0.2, 0.25) is 5.02 Å². The van der Waals surface area contributed by atoms with E-state index in [1.165, 1.54) is 17.0 Å². The summed E-state index contributed by atoms with van der Waals surface area (Å²) in [4.78, 5) is 24.5. The maximum Gasteiger partial charge on any atom is 0.351 e. The van der Waals surface area contributed by atoms with Gasteiger partial charge in [-0.3, -0.25) is 9.36 Å². The second-order valence-corrected chi connectivity index (χ2v) is 5.06. The van der Waals surface area contributed by atoms with Crippen molar-refractivity contribution in [3.8, 4) is 11.8 Å². The molecule has 0 atom stereocenters. The maximum atomic E-state index is 12.6. The van der Waals surface area contributed by atoms with E-state index in [-0.39, 0.29) is 12.2 Å². The molecule has 2 aromatic heterocycles. The van der Waals surface area contributed by atoms with Crippen LogP contribution < -0.4 is 11.2 Å². The maximum absolute atomic E-state index is 12.6. The lowest BCUT2D eigenvalue weighted by molar-refractivity contribution is 0.679. The van der Waals surface area contributed by atoms with E-state index >= 15 is 0 Å². The minimum atomic E-state index is -0.524. The van der Waals surface area contributed by atoms with Gasteiger partial charge in [0.05, 0.1) is 11.8 Å². The van der Waals surface area contributed by atoms with Crippen LogP contribution in [0.15, 0.2) is 40.2 Å². The van der Waals surface area contributed by atoms with Crippen LogP contribution >= 0.6 is 11.6 Å². The summed E-state index contributed by atoms with van der Waals surface area (Å²) in [6.45, 7) is 1.59. The van der Waals surface area contributed by atoms with Gasteiger partial charge in [0.2, 0.25) is 5.65 Å². The van der Waals surface area contributed by atoms with Crippen molar-refractivity contribution in [1.29, 1.82) is 5.26 Å². The van der Waals surface area contributed by atoms with Gasteiger partial charge in [0.25, 0.3) is 0 Å². The molecule has 0 N–H and O–H groups in total. The molecule has 2 heterocycles. The molecular weight excluding hydrogens is 306 g/mol. The number of hydrogen-bond donors (Lipinski definition) is 0. The van der Waals surface area contributed by atoms with Crippen molar-refractivity contribution in [2.24, 2.45) is 0 Å². The van der Waals surface area contributed by atoms with E-state index in [4.69, 9.17) is 16.9 Å². The van der Waals surface area contributed by atoms with Gasteiger partial charge in [-0.25, -0.2) is 9.20 Å². The van der Waals surface area contributed by atoms with Crippen molar-refractivity contribution >= 4 is 17.2 Å². The molecule has 0 amide bonds. The molecule has 22 heavy (non-hydrogen) atoms. The van der Waals surface area contributed by atoms with Gasteiger partial charge >= 0.3 is 11.2 Å². The van der Waals surface area contributed by atoms with Crippen LogP contribution in [-0.4, -0.2) is 18.7 Å². The molecule has 0 fully saturated rings. The van der Waals surface area contributed by atoms with Crippen molar-refractivity contribution in [3.05, 3.63) is 62.0 Å². The normalized spacial score (nSPS) is 10.8. The highest BCUT2D eigenvalue weighted by Gasteiger charge is 2.13. The van der Waals surface area contributed by atoms with Crippen molar-refractivity contribution in [2.75, 3.05) is 0 Å². The van der Waals surface area contributed by atoms with Crippen molar-refractivity contribution in [2.45, 2.75) is 13.5 Å². The molecule has 0 unspecified atom stereocenters. The zero-order valence-electron chi connectivity index (χ0n) is 11.5. The van der Waals surface area contributed by atoms with E-state index in [9.17, 15) is 9.59 Å². The zero-order chi connectivity index (χ0) is 15.9. The number of nitriles is 1. The molecule has 0 aliphatic carbocycles. The molecule has 0 saturated carbocycles. The number of fused-ring (bicyclic) bond motifs is 1. The fourth-order valence-electron chi connectivity index (χ4n) is 2.23. The topological polar surface area (TPSA) is 85.1 Å². The quantitative estimate of drug-likeness (QED) is 0.709. The Hall–Kier alpha value is -2.85. The summed E-state index contributed by atoms with van der Waals surface area (Å²) in [5, 5.41) is 13.1. The van der Waals surface area contributed by atoms with Crippen LogP contribution in [0.25, 0.3) is 11.3 Å². The monoisotopic (exact) mass is 315 g/mol. The molecule has 0 saturated heterocycles. The summed E-state index contributed by atoms with van der Waals surface area (Å²) < 4.78 is 3.45. The number of rotatable bonds is 2. The second-order valence-electron chi connectivity index (χ2n) is 4.65. The third kappa shape index (κ3) is 2.01. The van der Waals surface area contributed by atoms with E-state index < -0.39 is 11.2 Å². The van der Waals surface area contributed by atoms with E-state index in [1.54, 1.807) is 25.1 Å². The summed E-state index contributed by atoms with van der Waals surface area (Å²) in [6, 6.07) is 7.05. The minimum absolute atomic E-state index is 0.0397. The first-order chi connectivity index (χ1) is 10.5. The molecule has 0 aliphatic heterocycles. The molecule has 3 aromatic rings. The van der Waals surface area contributed by atoms with Gasteiger partial charge in [-0.1, -0.05) is 17.7 Å². The third-order valence-corrected chi connectivity index (χ3v) is 3.77. The summed E-state index contributed by atoms with van der Waals surface area (Å²) in [5.41, 5.74) is 0.337. The highest BCUT2D eigenvalue weighted by Crippen LogP contribution is 2.20. The lowest BCUT2D eigenvalue weighted by Crippen LogP contribution is -2.24. The Morgan fingerprint density at radius 3 is 2.82 bits per heavy atom. The first-order valence-corrected chi connectivity index (χ1v) is 6.75. The molecule has 7 nitrogen and oxygen atoms in total. The summed E-state index contributed by atoms with van der Waals surface area (Å²) >= 11 is 6.08. The standard InChI is InChI=1S/C14H10ClN5O2/c1-9-10(15)3-2-4-11(9)18-7-8-19-12(13(18)21)17-20(6-5-16)14(19)22/h2-4,7-8H,6H2,1H3. The molecule has 0 spiro atoms. The van der Waals surface area contributed by atoms with Crippen LogP contribution in [0.3, 0.4) is 0 Å². The smallest absolute Gasteiger partial charge is 0.279 e. The van der Waals surface area contributed by atoms with E-state index in [2.05, 4.69) is 5.10 Å². The predicted molar refractivity (Wildman–Crippen MR) is 80.4 cm³/mol. The highest BCUT2D eigenvalue weighted by molar-refractivity contribution is 6.31. The first kappa shape index (κ1) is 14.1. The number of hydrogen-bond acceptors (Lipinski definition) is 4. The molecule has 3 rings (SSSR count). The second kappa shape index (κ2) is 5.16. The molecule has 0 bridgehead atoms. The van der Waals surface area contributed by atoms with Crippen molar-refractivity contribution < 1.29 is 0 Å². The highest BCUT2D eigenvalue weighted by atomic mass is 35.5. The van der Waals surface area contributed by atoms with E-state index in [0.29, 0.717) is 10.7 Å². The van der Waals surface area contributed by atoms with E-state index in [1.807, 2.05) is 6.07 Å². The molecule has 110 valence electrons. The van der Waals surface area contributed by atoms with Gasteiger partial charge in [0, 0.05) is 17.4 Å². The molecule has 0 aliphatic rings. The Kier molecular flexibility index (Phi) is 3.31. The summed E-state index contributed by atoms with van der Waals surface area (Å²) in [6.07, 6.45) is 2.92. The van der Waals surface area contributed by atoms with Crippen LogP contribution in [-0.2, 0) is 6.54 Å². The average molecular weight is 316 g/mol. The first-order valence-electron chi connectivity index (χ1n) is 6.38. The summed E-state index contributed by atoms with van der Waals surface area (Å²) in [5.74, 6) is 0. The fraction of sp³-hybridized carbons (Fsp3) is 0.143. The average Bonchev–Trinajstić information content (AvgIpc) is 2.81. The number of aromatic nitrogens is 4. The van der Waals surface area contributed by atoms with Crippen LogP contribution in [0.4, 0.5) is 0 Å². The number of benzene rings is 1. The fourth-order valence-corrected chi connectivity index (χ4v) is 2.40. The predicted octanol–water partition coefficient (Wildman–Crippen LogP) is 1.13. The van der Waals surface area contributed by atoms with Gasteiger partial charge < -0.3 is 0 Å². The molecule has 8 heteroatoms. The van der Waals surface area contributed by atoms with Gasteiger partial charge in [0.1, 0.15) is 6.54 Å². The Balaban J connectivity index is 2.32. The van der Waals surface area contributed by atoms with Crippen molar-refractivity contribution in [3.63, 3.8) is 0 Å². The Morgan fingerprint density at radius 2 is 2.09 bits per heavy atom. The largest absolute Gasteiger partial charge is 0.351 e. The van der Waals surface area contributed by atoms with Gasteiger partial charge in [-0.05, 0) is 24.6 Å². The Morgan fingerprint density at radius 1 is 1.32 bits per heavy atom. The Bertz CT molecular complexity index is 1040. The Labute approximate surface area is 129 Å². The lowest BCUT2D eigenvalue weighted by Gasteiger charge is -2.09. The van der Waals surface area contributed by atoms with E-state index in [0.717, 1.165) is 14.6 Å². The molecule has 0 radical (unpaired) electrons. The van der Waals surface area contributed by atoms with Gasteiger partial charge in [-0.2, -0.15) is 9.94 Å². The SMILES string of the molecule is Cc1c(Cl)cccc1-n1ccn2c(=O)n(CC#N)nc2c1=O. The zero-order valence-corrected chi connectivity index (χ0v) is 12.3.